The molecule has 3 aromatic rings. The first-order valence-corrected chi connectivity index (χ1v) is 15.7. The first-order chi connectivity index (χ1) is 19.2. The zero-order chi connectivity index (χ0) is 30.5. The van der Waals surface area contributed by atoms with Crippen LogP contribution in [0.4, 0.5) is 5.69 Å². The number of aryl methyl sites for hydroxylation is 1. The highest BCUT2D eigenvalue weighted by molar-refractivity contribution is 7.92. The van der Waals surface area contributed by atoms with E-state index in [4.69, 9.17) is 46.4 Å². The monoisotopic (exact) mass is 657 g/mol. The molecule has 0 heterocycles. The van der Waals surface area contributed by atoms with Crippen molar-refractivity contribution >= 4 is 73.9 Å². The molecule has 0 aliphatic heterocycles. The molecule has 3 rings (SSSR count). The first-order valence-electron chi connectivity index (χ1n) is 12.8. The van der Waals surface area contributed by atoms with Crippen molar-refractivity contribution in [1.29, 1.82) is 0 Å². The van der Waals surface area contributed by atoms with Crippen molar-refractivity contribution in [2.45, 2.75) is 45.2 Å². The third-order valence-corrected chi connectivity index (χ3v) is 9.62. The highest BCUT2D eigenvalue weighted by Crippen LogP contribution is 2.36. The predicted molar refractivity (Wildman–Crippen MR) is 166 cm³/mol. The number of amides is 2. The number of benzene rings is 3. The van der Waals surface area contributed by atoms with Crippen molar-refractivity contribution in [1.82, 2.24) is 10.2 Å². The molecule has 0 bridgehead atoms. The van der Waals surface area contributed by atoms with E-state index >= 15 is 0 Å². The van der Waals surface area contributed by atoms with Crippen LogP contribution in [-0.2, 0) is 26.2 Å². The van der Waals surface area contributed by atoms with E-state index in [-0.39, 0.29) is 33.1 Å². The quantitative estimate of drug-likeness (QED) is 0.241. The van der Waals surface area contributed by atoms with Crippen molar-refractivity contribution in [3.63, 3.8) is 0 Å². The summed E-state index contributed by atoms with van der Waals surface area (Å²) in [5.41, 5.74) is 1.29. The first kappa shape index (κ1) is 33.0. The summed E-state index contributed by atoms with van der Waals surface area (Å²) in [7, 11) is -4.31. The molecule has 0 fully saturated rings. The molecule has 1 atom stereocenters. The van der Waals surface area contributed by atoms with E-state index in [1.165, 1.54) is 35.2 Å². The van der Waals surface area contributed by atoms with Gasteiger partial charge in [-0.05, 0) is 56.2 Å². The van der Waals surface area contributed by atoms with E-state index in [0.29, 0.717) is 22.2 Å². The highest BCUT2D eigenvalue weighted by atomic mass is 35.5. The van der Waals surface area contributed by atoms with Crippen molar-refractivity contribution < 1.29 is 18.0 Å². The van der Waals surface area contributed by atoms with Crippen LogP contribution < -0.4 is 9.62 Å². The van der Waals surface area contributed by atoms with Gasteiger partial charge in [0.15, 0.2) is 0 Å². The average Bonchev–Trinajstić information content (AvgIpc) is 2.91. The Bertz CT molecular complexity index is 1490. The van der Waals surface area contributed by atoms with Gasteiger partial charge < -0.3 is 10.2 Å². The van der Waals surface area contributed by atoms with Gasteiger partial charge in [-0.1, -0.05) is 90.1 Å². The van der Waals surface area contributed by atoms with Crippen LogP contribution >= 0.6 is 46.4 Å². The van der Waals surface area contributed by atoms with Crippen LogP contribution in [-0.4, -0.2) is 44.3 Å². The second kappa shape index (κ2) is 14.1. The zero-order valence-corrected chi connectivity index (χ0v) is 26.8. The van der Waals surface area contributed by atoms with Gasteiger partial charge in [0.2, 0.25) is 11.8 Å². The van der Waals surface area contributed by atoms with Gasteiger partial charge in [-0.2, -0.15) is 0 Å². The van der Waals surface area contributed by atoms with Crippen molar-refractivity contribution in [2.75, 3.05) is 17.4 Å². The van der Waals surface area contributed by atoms with Gasteiger partial charge in [0.25, 0.3) is 10.0 Å². The highest BCUT2D eigenvalue weighted by Gasteiger charge is 2.34. The molecule has 0 saturated heterocycles. The molecule has 0 aromatic heterocycles. The summed E-state index contributed by atoms with van der Waals surface area (Å²) in [6.07, 6.45) is 0. The SMILES string of the molecule is Cc1ccc(S(=O)(=O)N(CC(=O)N(Cc2c(Cl)cccc2Cl)[C@H](C)C(=O)NCC(C)C)c2cccc(Cl)c2Cl)cc1. The number of nitrogens with one attached hydrogen (secondary N) is 1. The van der Waals surface area contributed by atoms with Gasteiger partial charge in [-0.3, -0.25) is 13.9 Å². The van der Waals surface area contributed by atoms with E-state index in [9.17, 15) is 18.0 Å². The van der Waals surface area contributed by atoms with E-state index in [0.717, 1.165) is 9.87 Å². The average molecular weight is 659 g/mol. The fourth-order valence-electron chi connectivity index (χ4n) is 3.92. The van der Waals surface area contributed by atoms with Gasteiger partial charge in [-0.15, -0.1) is 0 Å². The number of carbonyl (C=O) groups excluding carboxylic acids is 2. The molecule has 0 aliphatic carbocycles. The van der Waals surface area contributed by atoms with E-state index in [2.05, 4.69) is 5.32 Å². The van der Waals surface area contributed by atoms with Crippen molar-refractivity contribution in [3.8, 4) is 0 Å². The summed E-state index contributed by atoms with van der Waals surface area (Å²) in [4.78, 5) is 28.4. The Morgan fingerprint density at radius 1 is 0.854 bits per heavy atom. The molecule has 2 amide bonds. The smallest absolute Gasteiger partial charge is 0.264 e. The summed E-state index contributed by atoms with van der Waals surface area (Å²) in [6, 6.07) is 14.6. The number of nitrogens with zero attached hydrogens (tertiary/aromatic N) is 2. The minimum absolute atomic E-state index is 0.0146. The Labute approximate surface area is 261 Å². The van der Waals surface area contributed by atoms with Gasteiger partial charge in [0.1, 0.15) is 12.6 Å². The Morgan fingerprint density at radius 3 is 2.00 bits per heavy atom. The number of sulfonamides is 1. The predicted octanol–water partition coefficient (Wildman–Crippen LogP) is 6.99. The molecule has 0 unspecified atom stereocenters. The topological polar surface area (TPSA) is 86.8 Å². The van der Waals surface area contributed by atoms with Gasteiger partial charge in [0.05, 0.1) is 20.6 Å². The second-order valence-corrected chi connectivity index (χ2v) is 13.4. The Kier molecular flexibility index (Phi) is 11.4. The molecule has 3 aromatic carbocycles. The number of rotatable bonds is 11. The van der Waals surface area contributed by atoms with Crippen LogP contribution in [0.1, 0.15) is 31.9 Å². The summed E-state index contributed by atoms with van der Waals surface area (Å²) >= 11 is 25.5. The fraction of sp³-hybridized carbons (Fsp3) is 0.310. The summed E-state index contributed by atoms with van der Waals surface area (Å²) in [5.74, 6) is -0.919. The Hall–Kier alpha value is -2.49. The van der Waals surface area contributed by atoms with Crippen LogP contribution in [0.15, 0.2) is 65.6 Å². The number of carbonyl (C=O) groups is 2. The Balaban J connectivity index is 2.10. The van der Waals surface area contributed by atoms with E-state index in [1.54, 1.807) is 37.3 Å². The normalized spacial score (nSPS) is 12.2. The molecule has 0 radical (unpaired) electrons. The Morgan fingerprint density at radius 2 is 1.41 bits per heavy atom. The lowest BCUT2D eigenvalue weighted by atomic mass is 10.1. The van der Waals surface area contributed by atoms with Crippen LogP contribution in [0, 0.1) is 12.8 Å². The summed E-state index contributed by atoms with van der Waals surface area (Å²) < 4.78 is 28.8. The standard InChI is InChI=1S/C29H31Cl4N3O4S/c1-18(2)15-34-29(38)20(4)35(16-22-23(30)7-5-8-24(22)31)27(37)17-36(26-10-6-9-25(32)28(26)33)41(39,40)21-13-11-19(3)12-14-21/h5-14,18,20H,15-17H2,1-4H3,(H,34,38)/t20-/m1/s1. The third kappa shape index (κ3) is 8.08. The maximum atomic E-state index is 14.0. The minimum atomic E-state index is -4.31. The van der Waals surface area contributed by atoms with Gasteiger partial charge in [-0.25, -0.2) is 8.42 Å². The largest absolute Gasteiger partial charge is 0.354 e. The minimum Gasteiger partial charge on any atom is -0.354 e. The molecular weight excluding hydrogens is 628 g/mol. The van der Waals surface area contributed by atoms with Crippen LogP contribution in [0.5, 0.6) is 0 Å². The van der Waals surface area contributed by atoms with E-state index < -0.39 is 34.4 Å². The number of halogens is 4. The fourth-order valence-corrected chi connectivity index (χ4v) is 6.32. The summed E-state index contributed by atoms with van der Waals surface area (Å²) in [5, 5.41) is 3.49. The van der Waals surface area contributed by atoms with Gasteiger partial charge >= 0.3 is 0 Å². The lowest BCUT2D eigenvalue weighted by molar-refractivity contribution is -0.139. The van der Waals surface area contributed by atoms with Crippen LogP contribution in [0.2, 0.25) is 20.1 Å². The lowest BCUT2D eigenvalue weighted by Crippen LogP contribution is -2.51. The van der Waals surface area contributed by atoms with Crippen LogP contribution in [0.3, 0.4) is 0 Å². The number of hydrogen-bond acceptors (Lipinski definition) is 4. The molecule has 12 heteroatoms. The van der Waals surface area contributed by atoms with Crippen LogP contribution in [0.25, 0.3) is 0 Å². The maximum Gasteiger partial charge on any atom is 0.264 e. The molecule has 0 aliphatic rings. The molecule has 7 nitrogen and oxygen atoms in total. The molecular formula is C29H31Cl4N3O4S. The number of anilines is 1. The third-order valence-electron chi connectivity index (χ3n) is 6.33. The molecule has 0 spiro atoms. The molecule has 41 heavy (non-hydrogen) atoms. The zero-order valence-electron chi connectivity index (χ0n) is 23.0. The second-order valence-electron chi connectivity index (χ2n) is 9.93. The maximum absolute atomic E-state index is 14.0. The summed E-state index contributed by atoms with van der Waals surface area (Å²) in [6.45, 7) is 6.85. The van der Waals surface area contributed by atoms with E-state index in [1.807, 2.05) is 20.8 Å². The number of hydrogen-bond donors (Lipinski definition) is 1. The lowest BCUT2D eigenvalue weighted by Gasteiger charge is -2.32. The van der Waals surface area contributed by atoms with Gasteiger partial charge in [0, 0.05) is 28.7 Å². The molecule has 220 valence electrons. The van der Waals surface area contributed by atoms with Crippen molar-refractivity contribution in [2.24, 2.45) is 5.92 Å². The molecule has 0 saturated carbocycles. The molecule has 1 N–H and O–H groups in total. The van der Waals surface area contributed by atoms with Crippen molar-refractivity contribution in [3.05, 3.63) is 91.9 Å².